The van der Waals surface area contributed by atoms with E-state index in [2.05, 4.69) is 59.0 Å². The number of hydrogen-bond acceptors (Lipinski definition) is 2. The van der Waals surface area contributed by atoms with Gasteiger partial charge in [0.15, 0.2) is 0 Å². The maximum absolute atomic E-state index is 6.39. The molecule has 2 unspecified atom stereocenters. The average Bonchev–Trinajstić information content (AvgIpc) is 2.69. The van der Waals surface area contributed by atoms with Crippen molar-refractivity contribution in [1.29, 1.82) is 0 Å². The van der Waals surface area contributed by atoms with Gasteiger partial charge in [-0.25, -0.2) is 0 Å². The number of benzene rings is 1. The van der Waals surface area contributed by atoms with Crippen LogP contribution in [0.4, 0.5) is 0 Å². The lowest BCUT2D eigenvalue weighted by atomic mass is 9.83. The van der Waals surface area contributed by atoms with Gasteiger partial charge in [0.1, 0.15) is 11.9 Å². The van der Waals surface area contributed by atoms with Crippen molar-refractivity contribution in [3.05, 3.63) is 28.8 Å². The van der Waals surface area contributed by atoms with Gasteiger partial charge in [-0.1, -0.05) is 53.2 Å². The van der Waals surface area contributed by atoms with Gasteiger partial charge in [0, 0.05) is 5.56 Å². The fourth-order valence-electron chi connectivity index (χ4n) is 3.17. The summed E-state index contributed by atoms with van der Waals surface area (Å²) in [6, 6.07) is 4.84. The Morgan fingerprint density at radius 1 is 1.20 bits per heavy atom. The molecule has 0 aliphatic carbocycles. The molecule has 2 nitrogen and oxygen atoms in total. The Morgan fingerprint density at radius 2 is 1.90 bits per heavy atom. The van der Waals surface area contributed by atoms with E-state index in [1.807, 2.05) is 0 Å². The van der Waals surface area contributed by atoms with Crippen molar-refractivity contribution in [1.82, 2.24) is 5.32 Å². The van der Waals surface area contributed by atoms with Crippen LogP contribution in [0.3, 0.4) is 0 Å². The van der Waals surface area contributed by atoms with Crippen LogP contribution < -0.4 is 10.1 Å². The molecule has 0 radical (unpaired) electrons. The number of ether oxygens (including phenoxy) is 1. The Labute approximate surface area is 123 Å². The first-order valence-electron chi connectivity index (χ1n) is 7.94. The van der Waals surface area contributed by atoms with Gasteiger partial charge in [0.2, 0.25) is 0 Å². The summed E-state index contributed by atoms with van der Waals surface area (Å²) in [6.45, 7) is 14.4. The minimum atomic E-state index is 0.121. The lowest BCUT2D eigenvalue weighted by Gasteiger charge is -2.23. The summed E-state index contributed by atoms with van der Waals surface area (Å²) >= 11 is 0. The van der Waals surface area contributed by atoms with Crippen LogP contribution in [-0.4, -0.2) is 12.6 Å². The normalized spacial score (nSPS) is 21.7. The lowest BCUT2D eigenvalue weighted by Crippen LogP contribution is -2.31. The highest BCUT2D eigenvalue weighted by Gasteiger charge is 2.37. The molecule has 20 heavy (non-hydrogen) atoms. The third kappa shape index (κ3) is 2.71. The molecule has 0 bridgehead atoms. The van der Waals surface area contributed by atoms with E-state index in [1.54, 1.807) is 0 Å². The molecule has 2 rings (SSSR count). The highest BCUT2D eigenvalue weighted by atomic mass is 16.5. The van der Waals surface area contributed by atoms with Gasteiger partial charge in [-0.3, -0.25) is 0 Å². The Balaban J connectivity index is 2.50. The van der Waals surface area contributed by atoms with E-state index >= 15 is 0 Å². The van der Waals surface area contributed by atoms with Gasteiger partial charge in [0.05, 0.1) is 6.04 Å². The van der Waals surface area contributed by atoms with Crippen molar-refractivity contribution in [3.63, 3.8) is 0 Å². The van der Waals surface area contributed by atoms with Gasteiger partial charge in [0.25, 0.3) is 0 Å². The molecule has 0 spiro atoms. The Morgan fingerprint density at radius 3 is 2.45 bits per heavy atom. The van der Waals surface area contributed by atoms with Crippen molar-refractivity contribution in [2.24, 2.45) is 0 Å². The molecule has 0 saturated carbocycles. The number of fused-ring (bicyclic) bond motifs is 1. The van der Waals surface area contributed by atoms with Gasteiger partial charge in [-0.15, -0.1) is 0 Å². The molecule has 1 aromatic rings. The van der Waals surface area contributed by atoms with Gasteiger partial charge in [-0.2, -0.15) is 0 Å². The number of nitrogens with one attached hydrogen (secondary N) is 1. The van der Waals surface area contributed by atoms with Crippen LogP contribution in [0.15, 0.2) is 12.1 Å². The van der Waals surface area contributed by atoms with Crippen LogP contribution in [0, 0.1) is 6.92 Å². The molecular formula is C18H29NO. The molecule has 1 aliphatic rings. The summed E-state index contributed by atoms with van der Waals surface area (Å²) in [5.74, 6) is 1.14. The zero-order valence-corrected chi connectivity index (χ0v) is 13.8. The van der Waals surface area contributed by atoms with E-state index in [-0.39, 0.29) is 11.5 Å². The number of hydrogen-bond donors (Lipinski definition) is 1. The topological polar surface area (TPSA) is 21.3 Å². The van der Waals surface area contributed by atoms with E-state index in [1.165, 1.54) is 16.7 Å². The van der Waals surface area contributed by atoms with Crippen molar-refractivity contribution in [3.8, 4) is 5.75 Å². The van der Waals surface area contributed by atoms with Crippen LogP contribution in [0.2, 0.25) is 0 Å². The molecule has 1 heterocycles. The molecule has 0 fully saturated rings. The summed E-state index contributed by atoms with van der Waals surface area (Å²) in [7, 11) is 0. The summed E-state index contributed by atoms with van der Waals surface area (Å²) in [5, 5.41) is 3.63. The van der Waals surface area contributed by atoms with Crippen molar-refractivity contribution in [2.45, 2.75) is 71.9 Å². The largest absolute Gasteiger partial charge is 0.488 e. The van der Waals surface area contributed by atoms with Crippen LogP contribution >= 0.6 is 0 Å². The molecular weight excluding hydrogens is 246 g/mol. The summed E-state index contributed by atoms with van der Waals surface area (Å²) < 4.78 is 6.39. The van der Waals surface area contributed by atoms with Crippen molar-refractivity contribution < 1.29 is 4.74 Å². The molecule has 1 aliphatic heterocycles. The second-order valence-electron chi connectivity index (χ2n) is 6.90. The smallest absolute Gasteiger partial charge is 0.128 e. The minimum absolute atomic E-state index is 0.121. The zero-order chi connectivity index (χ0) is 14.9. The maximum atomic E-state index is 6.39. The Hall–Kier alpha value is -1.02. The molecule has 0 saturated heterocycles. The first-order valence-corrected chi connectivity index (χ1v) is 7.94. The first-order chi connectivity index (χ1) is 9.40. The van der Waals surface area contributed by atoms with Crippen LogP contribution in [0.5, 0.6) is 5.75 Å². The van der Waals surface area contributed by atoms with Gasteiger partial charge >= 0.3 is 0 Å². The zero-order valence-electron chi connectivity index (χ0n) is 13.8. The molecule has 2 atom stereocenters. The second kappa shape index (κ2) is 5.77. The third-order valence-electron chi connectivity index (χ3n) is 4.17. The van der Waals surface area contributed by atoms with Gasteiger partial charge in [-0.05, 0) is 36.4 Å². The fourth-order valence-corrected chi connectivity index (χ4v) is 3.17. The first kappa shape index (κ1) is 15.4. The standard InChI is InChI=1S/C18H29NO/c1-7-9-14-16(19-8-2)15-12(3)10-11-13(17(15)20-14)18(4,5)6/h10-11,14,16,19H,7-9H2,1-6H3. The van der Waals surface area contributed by atoms with Crippen LogP contribution in [0.25, 0.3) is 0 Å². The summed E-state index contributed by atoms with van der Waals surface area (Å²) in [6.07, 6.45) is 2.54. The number of rotatable bonds is 4. The Bertz CT molecular complexity index is 473. The second-order valence-corrected chi connectivity index (χ2v) is 6.90. The highest BCUT2D eigenvalue weighted by Crippen LogP contribution is 2.46. The minimum Gasteiger partial charge on any atom is -0.488 e. The quantitative estimate of drug-likeness (QED) is 0.873. The van der Waals surface area contributed by atoms with E-state index in [9.17, 15) is 0 Å². The molecule has 0 aromatic heterocycles. The van der Waals surface area contributed by atoms with E-state index < -0.39 is 0 Å². The van der Waals surface area contributed by atoms with Crippen molar-refractivity contribution in [2.75, 3.05) is 6.54 Å². The molecule has 1 N–H and O–H groups in total. The van der Waals surface area contributed by atoms with E-state index in [4.69, 9.17) is 4.74 Å². The summed E-state index contributed by atoms with van der Waals surface area (Å²) in [4.78, 5) is 0. The Kier molecular flexibility index (Phi) is 4.43. The highest BCUT2D eigenvalue weighted by molar-refractivity contribution is 5.53. The molecule has 0 amide bonds. The molecule has 2 heteroatoms. The summed E-state index contributed by atoms with van der Waals surface area (Å²) in [5.41, 5.74) is 4.19. The lowest BCUT2D eigenvalue weighted by molar-refractivity contribution is 0.176. The number of aryl methyl sites for hydroxylation is 1. The monoisotopic (exact) mass is 275 g/mol. The fraction of sp³-hybridized carbons (Fsp3) is 0.667. The number of likely N-dealkylation sites (N-methyl/N-ethyl adjacent to an activating group) is 1. The average molecular weight is 275 g/mol. The van der Waals surface area contributed by atoms with Crippen molar-refractivity contribution >= 4 is 0 Å². The van der Waals surface area contributed by atoms with Gasteiger partial charge < -0.3 is 10.1 Å². The predicted octanol–water partition coefficient (Wildman–Crippen LogP) is 4.50. The SMILES string of the molecule is CCCC1Oc2c(C(C)(C)C)ccc(C)c2C1NCC. The molecule has 1 aromatic carbocycles. The third-order valence-corrected chi connectivity index (χ3v) is 4.17. The molecule has 112 valence electrons. The van der Waals surface area contributed by atoms with Crippen LogP contribution in [-0.2, 0) is 5.41 Å². The van der Waals surface area contributed by atoms with E-state index in [0.717, 1.165) is 25.1 Å². The predicted molar refractivity (Wildman–Crippen MR) is 85.6 cm³/mol. The maximum Gasteiger partial charge on any atom is 0.128 e. The van der Waals surface area contributed by atoms with Crippen LogP contribution in [0.1, 0.15) is 70.2 Å². The van der Waals surface area contributed by atoms with E-state index in [0.29, 0.717) is 6.04 Å².